The van der Waals surface area contributed by atoms with Crippen LogP contribution in [-0.2, 0) is 30.9 Å². The van der Waals surface area contributed by atoms with E-state index in [1.165, 1.54) is 6.92 Å². The first-order valence-corrected chi connectivity index (χ1v) is 10.9. The van der Waals surface area contributed by atoms with Crippen LogP contribution in [0, 0.1) is 5.92 Å². The molecule has 0 amide bonds. The highest BCUT2D eigenvalue weighted by Crippen LogP contribution is 2.67. The lowest BCUT2D eigenvalue weighted by atomic mass is 9.47. The lowest BCUT2D eigenvalue weighted by Crippen LogP contribution is -2.67. The first-order chi connectivity index (χ1) is 14.8. The topological polar surface area (TPSA) is 128 Å². The Morgan fingerprint density at radius 2 is 2.19 bits per heavy atom. The molecule has 1 saturated carbocycles. The van der Waals surface area contributed by atoms with E-state index in [1.807, 2.05) is 6.07 Å². The van der Waals surface area contributed by atoms with Crippen molar-refractivity contribution in [1.29, 1.82) is 0 Å². The maximum absolute atomic E-state index is 12.7. The van der Waals surface area contributed by atoms with E-state index in [9.17, 15) is 19.8 Å². The molecule has 1 aromatic rings. The van der Waals surface area contributed by atoms with Crippen molar-refractivity contribution < 1.29 is 34.0 Å². The van der Waals surface area contributed by atoms with Gasteiger partial charge in [-0.15, -0.1) is 0 Å². The molecule has 3 aliphatic carbocycles. The molecule has 0 radical (unpaired) electrons. The van der Waals surface area contributed by atoms with Gasteiger partial charge in [0, 0.05) is 12.1 Å². The smallest absolute Gasteiger partial charge is 0.352 e. The lowest BCUT2D eigenvalue weighted by Gasteiger charge is -2.59. The largest absolute Gasteiger partial charge is 0.504 e. The van der Waals surface area contributed by atoms with Crippen LogP contribution in [0.3, 0.4) is 0 Å². The van der Waals surface area contributed by atoms with Crippen molar-refractivity contribution in [2.45, 2.75) is 68.7 Å². The number of aliphatic hydroxyl groups is 1. The molecule has 1 spiro atoms. The van der Waals surface area contributed by atoms with Crippen molar-refractivity contribution in [2.24, 2.45) is 11.7 Å². The Bertz CT molecular complexity index is 988. The second-order valence-corrected chi connectivity index (χ2v) is 9.04. The van der Waals surface area contributed by atoms with Crippen LogP contribution in [0.2, 0.25) is 0 Å². The average Bonchev–Trinajstić information content (AvgIpc) is 3.07. The monoisotopic (exact) mass is 429 g/mol. The second kappa shape index (κ2) is 6.97. The number of ether oxygens (including phenoxy) is 3. The molecule has 2 bridgehead atoms. The Balaban J connectivity index is 1.50. The van der Waals surface area contributed by atoms with Crippen molar-refractivity contribution in [3.05, 3.63) is 35.1 Å². The van der Waals surface area contributed by atoms with Gasteiger partial charge in [-0.3, -0.25) is 4.79 Å². The molecular weight excluding hydrogens is 402 g/mol. The summed E-state index contributed by atoms with van der Waals surface area (Å²) < 4.78 is 17.0. The normalized spacial score (nSPS) is 32.9. The number of phenolic OH excluding ortho intramolecular Hbond substituents is 1. The van der Waals surface area contributed by atoms with Gasteiger partial charge in [0.1, 0.15) is 5.76 Å². The van der Waals surface area contributed by atoms with E-state index in [0.29, 0.717) is 24.4 Å². The molecule has 0 aromatic heterocycles. The first-order valence-electron chi connectivity index (χ1n) is 10.9. The summed E-state index contributed by atoms with van der Waals surface area (Å²) in [6.45, 7) is 1.58. The van der Waals surface area contributed by atoms with E-state index in [-0.39, 0.29) is 24.6 Å². The molecule has 1 aromatic carbocycles. The van der Waals surface area contributed by atoms with Gasteiger partial charge in [0.05, 0.1) is 17.4 Å². The lowest BCUT2D eigenvalue weighted by molar-refractivity contribution is -0.171. The van der Waals surface area contributed by atoms with Crippen LogP contribution in [0.25, 0.3) is 0 Å². The fourth-order valence-electron chi connectivity index (χ4n) is 6.15. The van der Waals surface area contributed by atoms with Crippen molar-refractivity contribution in [3.8, 4) is 11.5 Å². The van der Waals surface area contributed by atoms with Crippen LogP contribution < -0.4 is 10.5 Å². The predicted molar refractivity (Wildman–Crippen MR) is 108 cm³/mol. The zero-order chi connectivity index (χ0) is 22.0. The number of phenols is 1. The number of aromatic hydroxyl groups is 1. The van der Waals surface area contributed by atoms with E-state index in [2.05, 4.69) is 0 Å². The Morgan fingerprint density at radius 1 is 1.39 bits per heavy atom. The molecular formula is C23H27NO7. The summed E-state index contributed by atoms with van der Waals surface area (Å²) in [7, 11) is 0. The molecule has 0 saturated heterocycles. The fraction of sp³-hybridized carbons (Fsp3) is 0.565. The average molecular weight is 429 g/mol. The SMILES string of the molecule is C[C@H](OC(=O)CCN)C(=O)OC1=CC[C@@]2(O)[C@@H]3CCC[C@@]24c2c(ccc(O)c2O[C@@H]14)C3. The molecule has 166 valence electrons. The molecule has 4 aliphatic rings. The van der Waals surface area contributed by atoms with Gasteiger partial charge in [0.25, 0.3) is 0 Å². The third-order valence-corrected chi connectivity index (χ3v) is 7.47. The first kappa shape index (κ1) is 20.3. The minimum absolute atomic E-state index is 0.0148. The number of carbonyl (C=O) groups is 2. The minimum atomic E-state index is -1.10. The quantitative estimate of drug-likeness (QED) is 0.602. The predicted octanol–water partition coefficient (Wildman–Crippen LogP) is 1.59. The Morgan fingerprint density at radius 3 is 2.97 bits per heavy atom. The van der Waals surface area contributed by atoms with Gasteiger partial charge in [-0.2, -0.15) is 0 Å². The number of benzene rings is 1. The van der Waals surface area contributed by atoms with Gasteiger partial charge in [0.2, 0.25) is 0 Å². The number of carbonyl (C=O) groups excluding carboxylic acids is 2. The van der Waals surface area contributed by atoms with Gasteiger partial charge in [-0.05, 0) is 56.2 Å². The molecule has 1 aliphatic heterocycles. The maximum atomic E-state index is 12.7. The summed E-state index contributed by atoms with van der Waals surface area (Å²) in [5.74, 6) is -0.540. The highest BCUT2D eigenvalue weighted by molar-refractivity contribution is 5.80. The highest BCUT2D eigenvalue weighted by Gasteiger charge is 2.70. The van der Waals surface area contributed by atoms with Gasteiger partial charge in [-0.1, -0.05) is 12.5 Å². The van der Waals surface area contributed by atoms with E-state index in [1.54, 1.807) is 12.1 Å². The summed E-state index contributed by atoms with van der Waals surface area (Å²) in [6.07, 6.45) is 3.45. The van der Waals surface area contributed by atoms with Crippen molar-refractivity contribution >= 4 is 11.9 Å². The maximum Gasteiger partial charge on any atom is 0.352 e. The van der Waals surface area contributed by atoms with Gasteiger partial charge >= 0.3 is 11.9 Å². The summed E-state index contributed by atoms with van der Waals surface area (Å²) in [5, 5.41) is 22.4. The zero-order valence-corrected chi connectivity index (χ0v) is 17.4. The van der Waals surface area contributed by atoms with Crippen LogP contribution in [0.5, 0.6) is 11.5 Å². The molecule has 0 unspecified atom stereocenters. The van der Waals surface area contributed by atoms with Gasteiger partial charge < -0.3 is 30.2 Å². The van der Waals surface area contributed by atoms with Crippen LogP contribution >= 0.6 is 0 Å². The van der Waals surface area contributed by atoms with E-state index < -0.39 is 35.2 Å². The van der Waals surface area contributed by atoms with Gasteiger partial charge in [-0.25, -0.2) is 4.79 Å². The summed E-state index contributed by atoms with van der Waals surface area (Å²) in [5.41, 5.74) is 5.46. The number of hydrogen-bond acceptors (Lipinski definition) is 8. The van der Waals surface area contributed by atoms with Gasteiger partial charge in [0.15, 0.2) is 23.7 Å². The van der Waals surface area contributed by atoms with E-state index >= 15 is 0 Å². The third kappa shape index (κ3) is 2.67. The minimum Gasteiger partial charge on any atom is -0.504 e. The number of rotatable bonds is 5. The third-order valence-electron chi connectivity index (χ3n) is 7.47. The number of nitrogens with two attached hydrogens (primary N) is 1. The van der Waals surface area contributed by atoms with Crippen LogP contribution in [-0.4, -0.2) is 46.5 Å². The fourth-order valence-corrected chi connectivity index (χ4v) is 6.15. The molecule has 1 heterocycles. The summed E-state index contributed by atoms with van der Waals surface area (Å²) in [6, 6.07) is 3.53. The molecule has 8 nitrogen and oxygen atoms in total. The molecule has 31 heavy (non-hydrogen) atoms. The summed E-state index contributed by atoms with van der Waals surface area (Å²) in [4.78, 5) is 24.3. The number of esters is 2. The molecule has 8 heteroatoms. The Labute approximate surface area is 180 Å². The van der Waals surface area contributed by atoms with Crippen molar-refractivity contribution in [3.63, 3.8) is 0 Å². The number of hydrogen-bond donors (Lipinski definition) is 3. The Hall–Kier alpha value is -2.58. The molecule has 1 fully saturated rings. The zero-order valence-electron chi connectivity index (χ0n) is 17.4. The van der Waals surface area contributed by atoms with Crippen molar-refractivity contribution in [2.75, 3.05) is 6.54 Å². The van der Waals surface area contributed by atoms with Crippen LogP contribution in [0.1, 0.15) is 50.2 Å². The second-order valence-electron chi connectivity index (χ2n) is 9.04. The van der Waals surface area contributed by atoms with Crippen LogP contribution in [0.4, 0.5) is 0 Å². The van der Waals surface area contributed by atoms with E-state index in [4.69, 9.17) is 19.9 Å². The van der Waals surface area contributed by atoms with E-state index in [0.717, 1.165) is 30.4 Å². The Kier molecular flexibility index (Phi) is 4.57. The highest BCUT2D eigenvalue weighted by atomic mass is 16.6. The van der Waals surface area contributed by atoms with Crippen LogP contribution in [0.15, 0.2) is 24.0 Å². The summed E-state index contributed by atoms with van der Waals surface area (Å²) >= 11 is 0. The van der Waals surface area contributed by atoms with Crippen molar-refractivity contribution in [1.82, 2.24) is 0 Å². The standard InChI is InChI=1S/C23H27NO7/c1-12(29-17(26)7-10-24)21(27)30-16-6-9-23(28)14-3-2-8-22(23)18-13(11-14)4-5-15(25)19(18)31-20(16)22/h4-6,12,14,20,25,28H,2-3,7-11,24H2,1H3/t12-,14+,20-,22-,23+/m0/s1. The molecule has 4 N–H and O–H groups in total. The molecule has 5 atom stereocenters. The molecule has 5 rings (SSSR count).